The number of hydrogen-bond donors (Lipinski definition) is 2. The normalized spacial score (nSPS) is 16.9. The van der Waals surface area contributed by atoms with Crippen LogP contribution in [0.2, 0.25) is 0 Å². The molecule has 4 nitrogen and oxygen atoms in total. The third-order valence-corrected chi connectivity index (χ3v) is 4.92. The molecule has 0 spiro atoms. The molecule has 1 aromatic carbocycles. The van der Waals surface area contributed by atoms with Crippen LogP contribution in [0.15, 0.2) is 16.6 Å². The number of unbranched alkanes of at least 4 members (excludes halogenated alkanes) is 1. The highest BCUT2D eigenvalue weighted by atomic mass is 79.9. The number of methoxy groups -OCH3 is 1. The first-order valence-electron chi connectivity index (χ1n) is 8.15. The van der Waals surface area contributed by atoms with E-state index < -0.39 is 0 Å². The Kier molecular flexibility index (Phi) is 6.99. The zero-order chi connectivity index (χ0) is 15.9. The number of piperidine rings is 1. The molecule has 0 aliphatic carbocycles. The summed E-state index contributed by atoms with van der Waals surface area (Å²) in [7, 11) is 1.57. The molecule has 0 atom stereocenters. The number of hydrogen-bond acceptors (Lipinski definition) is 4. The minimum absolute atomic E-state index is 0.162. The molecule has 1 heterocycles. The molecule has 2 rings (SSSR count). The molecule has 0 saturated carbocycles. The summed E-state index contributed by atoms with van der Waals surface area (Å²) in [5.41, 5.74) is 1.12. The molecule has 1 aromatic rings. The van der Waals surface area contributed by atoms with Crippen molar-refractivity contribution < 1.29 is 9.84 Å². The fourth-order valence-corrected chi connectivity index (χ4v) is 3.38. The highest BCUT2D eigenvalue weighted by molar-refractivity contribution is 9.10. The number of aromatic hydroxyl groups is 1. The maximum Gasteiger partial charge on any atom is 0.172 e. The fraction of sp³-hybridized carbons (Fsp3) is 0.647. The van der Waals surface area contributed by atoms with E-state index in [0.717, 1.165) is 12.1 Å². The highest BCUT2D eigenvalue weighted by Gasteiger charge is 2.18. The molecule has 0 bridgehead atoms. The van der Waals surface area contributed by atoms with Crippen LogP contribution >= 0.6 is 15.9 Å². The maximum atomic E-state index is 9.84. The third kappa shape index (κ3) is 4.86. The van der Waals surface area contributed by atoms with Gasteiger partial charge in [-0.1, -0.05) is 13.3 Å². The molecule has 5 heteroatoms. The monoisotopic (exact) mass is 370 g/mol. The van der Waals surface area contributed by atoms with Crippen LogP contribution in [0.4, 0.5) is 0 Å². The lowest BCUT2D eigenvalue weighted by Crippen LogP contribution is -2.42. The van der Waals surface area contributed by atoms with Gasteiger partial charge < -0.3 is 20.1 Å². The fourth-order valence-electron chi connectivity index (χ4n) is 2.89. The quantitative estimate of drug-likeness (QED) is 0.770. The Balaban J connectivity index is 1.81. The predicted octanol–water partition coefficient (Wildman–Crippen LogP) is 3.52. The lowest BCUT2D eigenvalue weighted by molar-refractivity contribution is 0.195. The smallest absolute Gasteiger partial charge is 0.172 e. The molecule has 0 unspecified atom stereocenters. The Morgan fingerprint density at radius 2 is 2.09 bits per heavy atom. The van der Waals surface area contributed by atoms with Gasteiger partial charge in [-0.15, -0.1) is 0 Å². The van der Waals surface area contributed by atoms with Crippen LogP contribution in [-0.2, 0) is 6.54 Å². The van der Waals surface area contributed by atoms with Crippen LogP contribution < -0.4 is 10.1 Å². The number of likely N-dealkylation sites (tertiary alicyclic amines) is 1. The Labute approximate surface area is 142 Å². The largest absolute Gasteiger partial charge is 0.503 e. The van der Waals surface area contributed by atoms with Crippen LogP contribution in [0.25, 0.3) is 0 Å². The van der Waals surface area contributed by atoms with Gasteiger partial charge in [0.2, 0.25) is 0 Å². The molecule has 1 saturated heterocycles. The van der Waals surface area contributed by atoms with Crippen molar-refractivity contribution in [3.63, 3.8) is 0 Å². The molecule has 0 radical (unpaired) electrons. The summed E-state index contributed by atoms with van der Waals surface area (Å²) in [6.45, 7) is 6.68. The highest BCUT2D eigenvalue weighted by Crippen LogP contribution is 2.35. The van der Waals surface area contributed by atoms with E-state index in [-0.39, 0.29) is 5.75 Å². The number of nitrogens with one attached hydrogen (secondary N) is 1. The average Bonchev–Trinajstić information content (AvgIpc) is 2.54. The molecule has 124 valence electrons. The third-order valence-electron chi connectivity index (χ3n) is 4.32. The van der Waals surface area contributed by atoms with E-state index in [1.165, 1.54) is 45.3 Å². The second-order valence-corrected chi connectivity index (χ2v) is 6.83. The summed E-state index contributed by atoms with van der Waals surface area (Å²) in [5, 5.41) is 13.5. The maximum absolute atomic E-state index is 9.84. The van der Waals surface area contributed by atoms with Crippen molar-refractivity contribution in [3.8, 4) is 11.5 Å². The number of halogens is 1. The lowest BCUT2D eigenvalue weighted by Gasteiger charge is -2.32. The van der Waals surface area contributed by atoms with E-state index in [1.54, 1.807) is 7.11 Å². The van der Waals surface area contributed by atoms with Crippen molar-refractivity contribution in [3.05, 3.63) is 22.2 Å². The summed E-state index contributed by atoms with van der Waals surface area (Å²) >= 11 is 3.37. The molecular weight excluding hydrogens is 344 g/mol. The Hall–Kier alpha value is -0.780. The molecular formula is C17H27BrN2O2. The number of benzene rings is 1. The van der Waals surface area contributed by atoms with E-state index in [1.807, 2.05) is 12.1 Å². The molecule has 22 heavy (non-hydrogen) atoms. The van der Waals surface area contributed by atoms with Crippen molar-refractivity contribution in [1.82, 2.24) is 10.2 Å². The van der Waals surface area contributed by atoms with Gasteiger partial charge in [-0.25, -0.2) is 0 Å². The first-order valence-corrected chi connectivity index (χ1v) is 8.94. The second-order valence-electron chi connectivity index (χ2n) is 5.98. The second kappa shape index (κ2) is 8.75. The number of ether oxygens (including phenoxy) is 1. The molecule has 2 N–H and O–H groups in total. The molecule has 0 aromatic heterocycles. The van der Waals surface area contributed by atoms with E-state index >= 15 is 0 Å². The predicted molar refractivity (Wildman–Crippen MR) is 93.6 cm³/mol. The Morgan fingerprint density at radius 1 is 1.36 bits per heavy atom. The van der Waals surface area contributed by atoms with Gasteiger partial charge in [0.15, 0.2) is 11.5 Å². The Bertz CT molecular complexity index is 474. The molecule has 0 amide bonds. The summed E-state index contributed by atoms with van der Waals surface area (Å²) in [4.78, 5) is 2.57. The van der Waals surface area contributed by atoms with Crippen LogP contribution in [0.1, 0.15) is 38.2 Å². The number of phenolic OH excluding ortho intramolecular Hbond substituents is 1. The number of phenols is 1. The van der Waals surface area contributed by atoms with Gasteiger partial charge in [-0.2, -0.15) is 0 Å². The zero-order valence-corrected chi connectivity index (χ0v) is 15.2. The van der Waals surface area contributed by atoms with Gasteiger partial charge in [-0.05, 0) is 72.5 Å². The van der Waals surface area contributed by atoms with Crippen molar-refractivity contribution >= 4 is 15.9 Å². The zero-order valence-electron chi connectivity index (χ0n) is 13.6. The van der Waals surface area contributed by atoms with Gasteiger partial charge in [0.25, 0.3) is 0 Å². The minimum Gasteiger partial charge on any atom is -0.503 e. The van der Waals surface area contributed by atoms with E-state index in [9.17, 15) is 5.11 Å². The summed E-state index contributed by atoms with van der Waals surface area (Å²) in [5.74, 6) is 0.677. The van der Waals surface area contributed by atoms with Crippen LogP contribution in [0.5, 0.6) is 11.5 Å². The van der Waals surface area contributed by atoms with Gasteiger partial charge in [0, 0.05) is 12.6 Å². The van der Waals surface area contributed by atoms with Crippen LogP contribution in [0, 0.1) is 0 Å². The first kappa shape index (κ1) is 17.6. The first-order chi connectivity index (χ1) is 10.6. The van der Waals surface area contributed by atoms with Crippen molar-refractivity contribution in [2.75, 3.05) is 26.7 Å². The molecule has 1 aliphatic heterocycles. The van der Waals surface area contributed by atoms with Crippen molar-refractivity contribution in [2.24, 2.45) is 0 Å². The standard InChI is InChI=1S/C17H27BrN2O2/c1-3-4-7-20-8-5-14(6-9-20)19-12-13-10-15(18)17(21)16(11-13)22-2/h10-11,14,19,21H,3-9,12H2,1-2H3. The lowest BCUT2D eigenvalue weighted by atomic mass is 10.0. The van der Waals surface area contributed by atoms with Crippen LogP contribution in [-0.4, -0.2) is 42.8 Å². The van der Waals surface area contributed by atoms with Crippen LogP contribution in [0.3, 0.4) is 0 Å². The SMILES string of the molecule is CCCCN1CCC(NCc2cc(Br)c(O)c(OC)c2)CC1. The summed E-state index contributed by atoms with van der Waals surface area (Å²) in [6, 6.07) is 4.42. The van der Waals surface area contributed by atoms with E-state index in [0.29, 0.717) is 16.3 Å². The number of rotatable bonds is 7. The van der Waals surface area contributed by atoms with Crippen molar-refractivity contribution in [2.45, 2.75) is 45.2 Å². The van der Waals surface area contributed by atoms with E-state index in [4.69, 9.17) is 4.74 Å². The van der Waals surface area contributed by atoms with Gasteiger partial charge in [0.1, 0.15) is 0 Å². The molecule has 1 aliphatic rings. The van der Waals surface area contributed by atoms with Gasteiger partial charge >= 0.3 is 0 Å². The van der Waals surface area contributed by atoms with Gasteiger partial charge in [-0.3, -0.25) is 0 Å². The summed E-state index contributed by atoms with van der Waals surface area (Å²) < 4.78 is 5.87. The van der Waals surface area contributed by atoms with Crippen molar-refractivity contribution in [1.29, 1.82) is 0 Å². The molecule has 1 fully saturated rings. The summed E-state index contributed by atoms with van der Waals surface area (Å²) in [6.07, 6.45) is 5.00. The topological polar surface area (TPSA) is 44.7 Å². The average molecular weight is 371 g/mol. The number of nitrogens with zero attached hydrogens (tertiary/aromatic N) is 1. The minimum atomic E-state index is 0.162. The Morgan fingerprint density at radius 3 is 2.73 bits per heavy atom. The van der Waals surface area contributed by atoms with E-state index in [2.05, 4.69) is 33.1 Å². The van der Waals surface area contributed by atoms with Gasteiger partial charge in [0.05, 0.1) is 11.6 Å².